The molecule has 0 aliphatic heterocycles. The van der Waals surface area contributed by atoms with E-state index in [4.69, 9.17) is 0 Å². The molecule has 2 amide bonds. The predicted molar refractivity (Wildman–Crippen MR) is 102 cm³/mol. The monoisotopic (exact) mass is 348 g/mol. The molecular weight excluding hydrogens is 328 g/mol. The summed E-state index contributed by atoms with van der Waals surface area (Å²) in [6, 6.07) is 11.2. The smallest absolute Gasteiger partial charge is 0.244 e. The maximum atomic E-state index is 12.0. The zero-order chi connectivity index (χ0) is 18.5. The highest BCUT2D eigenvalue weighted by Crippen LogP contribution is 2.11. The largest absolute Gasteiger partial charge is 0.347 e. The first-order chi connectivity index (χ1) is 12.5. The fourth-order valence-corrected chi connectivity index (χ4v) is 2.58. The van der Waals surface area contributed by atoms with Gasteiger partial charge in [0.25, 0.3) is 0 Å². The standard InChI is InChI=1S/C20H20N4O2/c1-14-4-3-11-24-13-18(23-20(14)24)12-21-19(26)10-7-16-5-8-17(9-6-16)22-15(2)25/h3-11,13H,12H2,1-2H3,(H,21,26)(H,22,25). The van der Waals surface area contributed by atoms with Gasteiger partial charge in [-0.1, -0.05) is 18.2 Å². The van der Waals surface area contributed by atoms with Crippen molar-refractivity contribution in [1.82, 2.24) is 14.7 Å². The van der Waals surface area contributed by atoms with Crippen molar-refractivity contribution in [2.75, 3.05) is 5.32 Å². The van der Waals surface area contributed by atoms with Gasteiger partial charge in [-0.2, -0.15) is 0 Å². The van der Waals surface area contributed by atoms with Gasteiger partial charge in [-0.25, -0.2) is 4.98 Å². The number of rotatable bonds is 5. The Labute approximate surface area is 151 Å². The molecule has 0 unspecified atom stereocenters. The van der Waals surface area contributed by atoms with Crippen LogP contribution in [0, 0.1) is 6.92 Å². The molecule has 1 aromatic carbocycles. The van der Waals surface area contributed by atoms with Gasteiger partial charge < -0.3 is 15.0 Å². The van der Waals surface area contributed by atoms with E-state index >= 15 is 0 Å². The molecule has 0 aliphatic carbocycles. The van der Waals surface area contributed by atoms with E-state index < -0.39 is 0 Å². The predicted octanol–water partition coefficient (Wildman–Crippen LogP) is 2.93. The van der Waals surface area contributed by atoms with Crippen LogP contribution in [0.15, 0.2) is 54.9 Å². The molecule has 3 aromatic rings. The van der Waals surface area contributed by atoms with Crippen molar-refractivity contribution < 1.29 is 9.59 Å². The number of pyridine rings is 1. The maximum absolute atomic E-state index is 12.0. The van der Waals surface area contributed by atoms with Crippen LogP contribution >= 0.6 is 0 Å². The number of anilines is 1. The number of nitrogens with zero attached hydrogens (tertiary/aromatic N) is 2. The lowest BCUT2D eigenvalue weighted by Crippen LogP contribution is -2.20. The van der Waals surface area contributed by atoms with Gasteiger partial charge in [0.1, 0.15) is 5.65 Å². The van der Waals surface area contributed by atoms with Crippen LogP contribution in [0.1, 0.15) is 23.7 Å². The van der Waals surface area contributed by atoms with Crippen LogP contribution in [0.3, 0.4) is 0 Å². The van der Waals surface area contributed by atoms with E-state index in [0.29, 0.717) is 6.54 Å². The van der Waals surface area contributed by atoms with Crippen molar-refractivity contribution in [3.8, 4) is 0 Å². The van der Waals surface area contributed by atoms with Crippen LogP contribution in [-0.4, -0.2) is 21.2 Å². The third-order valence-electron chi connectivity index (χ3n) is 3.83. The lowest BCUT2D eigenvalue weighted by atomic mass is 10.2. The number of amides is 2. The molecular formula is C20H20N4O2. The van der Waals surface area contributed by atoms with Crippen LogP contribution in [0.2, 0.25) is 0 Å². The second kappa shape index (κ2) is 7.65. The molecule has 0 bridgehead atoms. The Morgan fingerprint density at radius 3 is 2.65 bits per heavy atom. The van der Waals surface area contributed by atoms with E-state index in [1.165, 1.54) is 13.0 Å². The van der Waals surface area contributed by atoms with Gasteiger partial charge in [-0.3, -0.25) is 9.59 Å². The summed E-state index contributed by atoms with van der Waals surface area (Å²) >= 11 is 0. The Morgan fingerprint density at radius 2 is 1.96 bits per heavy atom. The average molecular weight is 348 g/mol. The number of hydrogen-bond acceptors (Lipinski definition) is 3. The van der Waals surface area contributed by atoms with Crippen molar-refractivity contribution in [3.05, 3.63) is 71.7 Å². The van der Waals surface area contributed by atoms with Crippen LogP contribution in [0.4, 0.5) is 5.69 Å². The van der Waals surface area contributed by atoms with Gasteiger partial charge in [0.2, 0.25) is 11.8 Å². The number of aromatic nitrogens is 2. The van der Waals surface area contributed by atoms with E-state index in [2.05, 4.69) is 15.6 Å². The molecule has 132 valence electrons. The minimum atomic E-state index is -0.190. The SMILES string of the molecule is CC(=O)Nc1ccc(C=CC(=O)NCc2cn3cccc(C)c3n2)cc1. The molecule has 0 fully saturated rings. The Kier molecular flexibility index (Phi) is 5.12. The fraction of sp³-hybridized carbons (Fsp3) is 0.150. The number of nitrogens with one attached hydrogen (secondary N) is 2. The highest BCUT2D eigenvalue weighted by Gasteiger charge is 2.04. The number of carbonyl (C=O) groups is 2. The third kappa shape index (κ3) is 4.36. The van der Waals surface area contributed by atoms with Gasteiger partial charge in [0.15, 0.2) is 0 Å². The summed E-state index contributed by atoms with van der Waals surface area (Å²) < 4.78 is 1.95. The summed E-state index contributed by atoms with van der Waals surface area (Å²) in [6.45, 7) is 3.83. The first kappa shape index (κ1) is 17.4. The van der Waals surface area contributed by atoms with Crippen LogP contribution < -0.4 is 10.6 Å². The molecule has 2 N–H and O–H groups in total. The molecule has 0 spiro atoms. The van der Waals surface area contributed by atoms with E-state index in [-0.39, 0.29) is 11.8 Å². The van der Waals surface area contributed by atoms with Gasteiger partial charge >= 0.3 is 0 Å². The van der Waals surface area contributed by atoms with Crippen molar-refractivity contribution >= 4 is 29.2 Å². The van der Waals surface area contributed by atoms with Gasteiger partial charge in [0, 0.05) is 31.1 Å². The van der Waals surface area contributed by atoms with E-state index in [1.54, 1.807) is 18.2 Å². The minimum Gasteiger partial charge on any atom is -0.347 e. The first-order valence-corrected chi connectivity index (χ1v) is 8.28. The molecule has 0 saturated carbocycles. The molecule has 6 nitrogen and oxygen atoms in total. The summed E-state index contributed by atoms with van der Waals surface area (Å²) in [5.74, 6) is -0.306. The van der Waals surface area contributed by atoms with Crippen LogP contribution in [0.5, 0.6) is 0 Å². The number of imidazole rings is 1. The van der Waals surface area contributed by atoms with E-state index in [1.807, 2.05) is 48.0 Å². The molecule has 6 heteroatoms. The molecule has 2 heterocycles. The Bertz CT molecular complexity index is 971. The summed E-state index contributed by atoms with van der Waals surface area (Å²) in [5.41, 5.74) is 4.39. The molecule has 3 rings (SSSR count). The fourth-order valence-electron chi connectivity index (χ4n) is 2.58. The quantitative estimate of drug-likeness (QED) is 0.696. The number of hydrogen-bond donors (Lipinski definition) is 2. The summed E-state index contributed by atoms with van der Waals surface area (Å²) in [4.78, 5) is 27.5. The second-order valence-electron chi connectivity index (χ2n) is 6.01. The van der Waals surface area contributed by atoms with Gasteiger partial charge in [-0.05, 0) is 42.3 Å². The van der Waals surface area contributed by atoms with Gasteiger partial charge in [-0.15, -0.1) is 0 Å². The normalized spacial score (nSPS) is 11.0. The molecule has 2 aromatic heterocycles. The summed E-state index contributed by atoms with van der Waals surface area (Å²) in [7, 11) is 0. The summed E-state index contributed by atoms with van der Waals surface area (Å²) in [6.07, 6.45) is 7.05. The summed E-state index contributed by atoms with van der Waals surface area (Å²) in [5, 5.41) is 5.53. The average Bonchev–Trinajstić information content (AvgIpc) is 3.03. The zero-order valence-electron chi connectivity index (χ0n) is 14.7. The van der Waals surface area contributed by atoms with Crippen LogP contribution in [-0.2, 0) is 16.1 Å². The Morgan fingerprint density at radius 1 is 1.19 bits per heavy atom. The lowest BCUT2D eigenvalue weighted by Gasteiger charge is -2.02. The molecule has 26 heavy (non-hydrogen) atoms. The van der Waals surface area contributed by atoms with Gasteiger partial charge in [0.05, 0.1) is 12.2 Å². The number of benzene rings is 1. The molecule has 0 radical (unpaired) electrons. The number of carbonyl (C=O) groups excluding carboxylic acids is 2. The van der Waals surface area contributed by atoms with Crippen molar-refractivity contribution in [1.29, 1.82) is 0 Å². The van der Waals surface area contributed by atoms with Crippen molar-refractivity contribution in [2.24, 2.45) is 0 Å². The zero-order valence-corrected chi connectivity index (χ0v) is 14.7. The maximum Gasteiger partial charge on any atom is 0.244 e. The third-order valence-corrected chi connectivity index (χ3v) is 3.83. The molecule has 0 saturated heterocycles. The first-order valence-electron chi connectivity index (χ1n) is 8.28. The second-order valence-corrected chi connectivity index (χ2v) is 6.01. The highest BCUT2D eigenvalue weighted by molar-refractivity contribution is 5.92. The lowest BCUT2D eigenvalue weighted by molar-refractivity contribution is -0.116. The number of fused-ring (bicyclic) bond motifs is 1. The topological polar surface area (TPSA) is 75.5 Å². The van der Waals surface area contributed by atoms with E-state index in [9.17, 15) is 9.59 Å². The highest BCUT2D eigenvalue weighted by atomic mass is 16.2. The van der Waals surface area contributed by atoms with Crippen molar-refractivity contribution in [2.45, 2.75) is 20.4 Å². The van der Waals surface area contributed by atoms with Crippen molar-refractivity contribution in [3.63, 3.8) is 0 Å². The minimum absolute atomic E-state index is 0.116. The molecule has 0 atom stereocenters. The van der Waals surface area contributed by atoms with Crippen LogP contribution in [0.25, 0.3) is 11.7 Å². The van der Waals surface area contributed by atoms with E-state index in [0.717, 1.165) is 28.2 Å². The Balaban J connectivity index is 1.57. The molecule has 0 aliphatic rings. The Hall–Kier alpha value is -3.41. The number of aryl methyl sites for hydroxylation is 1.